The van der Waals surface area contributed by atoms with E-state index < -0.39 is 30.2 Å². The third kappa shape index (κ3) is 6.33. The molecule has 1 aliphatic carbocycles. The molecule has 1 aliphatic rings. The number of nitrogens with zero attached hydrogens (tertiary/aromatic N) is 1. The lowest BCUT2D eigenvalue weighted by Crippen LogP contribution is -2.45. The van der Waals surface area contributed by atoms with Gasteiger partial charge >= 0.3 is 18.0 Å². The van der Waals surface area contributed by atoms with Crippen molar-refractivity contribution in [2.75, 3.05) is 6.61 Å². The number of carboxylic acids is 1. The summed E-state index contributed by atoms with van der Waals surface area (Å²) >= 11 is 0. The summed E-state index contributed by atoms with van der Waals surface area (Å²) in [5.74, 6) is -2.18. The Kier molecular flexibility index (Phi) is 8.51. The first kappa shape index (κ1) is 25.9. The summed E-state index contributed by atoms with van der Waals surface area (Å²) in [4.78, 5) is 41.5. The van der Waals surface area contributed by atoms with Crippen LogP contribution in [0.5, 0.6) is 0 Å². The van der Waals surface area contributed by atoms with Crippen molar-refractivity contribution in [1.82, 2.24) is 10.3 Å². The van der Waals surface area contributed by atoms with E-state index in [-0.39, 0.29) is 25.4 Å². The Morgan fingerprint density at radius 2 is 1.68 bits per heavy atom. The maximum Gasteiger partial charge on any atom is 0.407 e. The highest BCUT2D eigenvalue weighted by molar-refractivity contribution is 5.84. The van der Waals surface area contributed by atoms with Gasteiger partial charge in [-0.15, -0.1) is 0 Å². The summed E-state index contributed by atoms with van der Waals surface area (Å²) < 4.78 is 10.9. The van der Waals surface area contributed by atoms with E-state index in [1.165, 1.54) is 0 Å². The normalized spacial score (nSPS) is 13.6. The molecule has 8 heteroatoms. The summed E-state index contributed by atoms with van der Waals surface area (Å²) in [5, 5.41) is 12.0. The molecular formula is C29H30N2O6. The van der Waals surface area contributed by atoms with E-state index in [2.05, 4.69) is 10.3 Å². The number of unbranched alkanes of at least 4 members (excludes halogenated alkanes) is 1. The number of pyridine rings is 1. The number of hydrogen-bond donors (Lipinski definition) is 2. The van der Waals surface area contributed by atoms with Crippen LogP contribution in [0.2, 0.25) is 0 Å². The summed E-state index contributed by atoms with van der Waals surface area (Å²) in [5.41, 5.74) is 5.05. The number of aliphatic carboxylic acids is 1. The molecule has 0 radical (unpaired) electrons. The van der Waals surface area contributed by atoms with Crippen molar-refractivity contribution in [2.45, 2.75) is 50.7 Å². The lowest BCUT2D eigenvalue weighted by Gasteiger charge is -2.21. The number of carbonyl (C=O) groups excluding carboxylic acids is 2. The Bertz CT molecular complexity index is 1200. The summed E-state index contributed by atoms with van der Waals surface area (Å²) in [7, 11) is 0. The van der Waals surface area contributed by atoms with Crippen molar-refractivity contribution < 1.29 is 29.0 Å². The summed E-state index contributed by atoms with van der Waals surface area (Å²) in [6.45, 7) is 2.01. The molecule has 192 valence electrons. The van der Waals surface area contributed by atoms with E-state index >= 15 is 0 Å². The minimum absolute atomic E-state index is 0.0803. The first-order valence-corrected chi connectivity index (χ1v) is 12.4. The Labute approximate surface area is 215 Å². The Balaban J connectivity index is 1.45. The van der Waals surface area contributed by atoms with Gasteiger partial charge in [-0.2, -0.15) is 0 Å². The van der Waals surface area contributed by atoms with E-state index in [0.29, 0.717) is 12.0 Å². The minimum atomic E-state index is -1.28. The van der Waals surface area contributed by atoms with E-state index in [0.717, 1.165) is 28.7 Å². The molecule has 0 bridgehead atoms. The number of benzene rings is 2. The largest absolute Gasteiger partial charge is 0.479 e. The van der Waals surface area contributed by atoms with Crippen LogP contribution < -0.4 is 5.32 Å². The van der Waals surface area contributed by atoms with Gasteiger partial charge in [0.1, 0.15) is 12.6 Å². The third-order valence-electron chi connectivity index (χ3n) is 6.44. The molecule has 2 unspecified atom stereocenters. The van der Waals surface area contributed by atoms with Crippen LogP contribution in [0.1, 0.15) is 48.8 Å². The number of amides is 1. The maximum absolute atomic E-state index is 13.0. The van der Waals surface area contributed by atoms with Gasteiger partial charge in [0.15, 0.2) is 6.10 Å². The number of hydrogen-bond acceptors (Lipinski definition) is 6. The number of aromatic nitrogens is 1. The highest BCUT2D eigenvalue weighted by Gasteiger charge is 2.31. The molecule has 1 amide bonds. The van der Waals surface area contributed by atoms with Crippen molar-refractivity contribution in [1.29, 1.82) is 0 Å². The van der Waals surface area contributed by atoms with Gasteiger partial charge in [-0.05, 0) is 46.7 Å². The topological polar surface area (TPSA) is 115 Å². The number of carboxylic acid groups (broad SMARTS) is 1. The van der Waals surface area contributed by atoms with Crippen LogP contribution in [0.4, 0.5) is 4.79 Å². The number of fused-ring (bicyclic) bond motifs is 3. The molecule has 0 aliphatic heterocycles. The molecule has 3 aromatic rings. The van der Waals surface area contributed by atoms with Crippen molar-refractivity contribution in [3.8, 4) is 11.1 Å². The molecular weight excluding hydrogens is 472 g/mol. The van der Waals surface area contributed by atoms with E-state index in [9.17, 15) is 19.5 Å². The monoisotopic (exact) mass is 502 g/mol. The van der Waals surface area contributed by atoms with Crippen LogP contribution in [0.3, 0.4) is 0 Å². The fourth-order valence-electron chi connectivity index (χ4n) is 4.57. The zero-order chi connectivity index (χ0) is 26.2. The van der Waals surface area contributed by atoms with Gasteiger partial charge in [0, 0.05) is 24.7 Å². The zero-order valence-corrected chi connectivity index (χ0v) is 20.6. The molecule has 0 spiro atoms. The van der Waals surface area contributed by atoms with E-state index in [1.54, 1.807) is 24.5 Å². The average molecular weight is 503 g/mol. The van der Waals surface area contributed by atoms with Crippen LogP contribution in [-0.2, 0) is 25.5 Å². The Hall–Kier alpha value is -4.20. The zero-order valence-electron chi connectivity index (χ0n) is 20.6. The van der Waals surface area contributed by atoms with Crippen molar-refractivity contribution >= 4 is 18.0 Å². The Morgan fingerprint density at radius 1 is 1.00 bits per heavy atom. The molecule has 4 rings (SSSR count). The highest BCUT2D eigenvalue weighted by Crippen LogP contribution is 2.44. The van der Waals surface area contributed by atoms with Gasteiger partial charge in [-0.1, -0.05) is 67.9 Å². The van der Waals surface area contributed by atoms with Crippen LogP contribution in [0.25, 0.3) is 11.1 Å². The van der Waals surface area contributed by atoms with Crippen molar-refractivity contribution in [2.24, 2.45) is 0 Å². The number of esters is 1. The molecule has 0 saturated carbocycles. The maximum atomic E-state index is 13.0. The Morgan fingerprint density at radius 3 is 2.27 bits per heavy atom. The van der Waals surface area contributed by atoms with Crippen LogP contribution in [0, 0.1) is 0 Å². The molecule has 2 atom stereocenters. The number of rotatable bonds is 11. The van der Waals surface area contributed by atoms with Gasteiger partial charge in [0.05, 0.1) is 0 Å². The van der Waals surface area contributed by atoms with Crippen LogP contribution in [0.15, 0.2) is 73.1 Å². The molecule has 37 heavy (non-hydrogen) atoms. The highest BCUT2D eigenvalue weighted by atomic mass is 16.6. The molecule has 2 aromatic carbocycles. The number of nitrogens with one attached hydrogen (secondary N) is 1. The van der Waals surface area contributed by atoms with Crippen LogP contribution >= 0.6 is 0 Å². The number of ether oxygens (including phenoxy) is 2. The number of carbonyl (C=O) groups is 3. The smallest absolute Gasteiger partial charge is 0.407 e. The number of alkyl carbamates (subject to hydrolysis) is 1. The standard InChI is InChI=1S/C29H30N2O6/c1-2-3-14-26(27(32)33)37-28(34)25(16-19-9-8-15-30-17-19)31-29(35)36-18-24-22-12-6-4-10-20(22)21-11-5-7-13-23(21)24/h4-13,15,17,24-26H,2-3,14,16,18H2,1H3,(H,31,35)(H,32,33). The predicted molar refractivity (Wildman–Crippen MR) is 137 cm³/mol. The molecule has 0 saturated heterocycles. The summed E-state index contributed by atoms with van der Waals surface area (Å²) in [6, 6.07) is 18.3. The lowest BCUT2D eigenvalue weighted by atomic mass is 9.98. The molecule has 2 N–H and O–H groups in total. The van der Waals surface area contributed by atoms with Gasteiger partial charge < -0.3 is 19.9 Å². The molecule has 1 aromatic heterocycles. The summed E-state index contributed by atoms with van der Waals surface area (Å²) in [6.07, 6.45) is 2.74. The van der Waals surface area contributed by atoms with Gasteiger partial charge in [0.2, 0.25) is 0 Å². The third-order valence-corrected chi connectivity index (χ3v) is 6.44. The van der Waals surface area contributed by atoms with Crippen LogP contribution in [-0.4, -0.2) is 46.9 Å². The van der Waals surface area contributed by atoms with Gasteiger partial charge in [-0.25, -0.2) is 14.4 Å². The van der Waals surface area contributed by atoms with Crippen molar-refractivity contribution in [3.05, 3.63) is 89.7 Å². The SMILES string of the molecule is CCCCC(OC(=O)C(Cc1cccnc1)NC(=O)OCC1c2ccccc2-c2ccccc21)C(=O)O. The van der Waals surface area contributed by atoms with Crippen molar-refractivity contribution in [3.63, 3.8) is 0 Å². The first-order chi connectivity index (χ1) is 18.0. The quantitative estimate of drug-likeness (QED) is 0.365. The minimum Gasteiger partial charge on any atom is -0.479 e. The van der Waals surface area contributed by atoms with Gasteiger partial charge in [-0.3, -0.25) is 4.98 Å². The fraction of sp³-hybridized carbons (Fsp3) is 0.310. The second-order valence-corrected chi connectivity index (χ2v) is 8.99. The van der Waals surface area contributed by atoms with Gasteiger partial charge in [0.25, 0.3) is 0 Å². The molecule has 8 nitrogen and oxygen atoms in total. The van der Waals surface area contributed by atoms with E-state index in [1.807, 2.05) is 55.5 Å². The average Bonchev–Trinajstić information content (AvgIpc) is 3.23. The van der Waals surface area contributed by atoms with E-state index in [4.69, 9.17) is 9.47 Å². The first-order valence-electron chi connectivity index (χ1n) is 12.4. The molecule has 0 fully saturated rings. The fourth-order valence-corrected chi connectivity index (χ4v) is 4.57. The predicted octanol–water partition coefficient (Wildman–Crippen LogP) is 4.72. The second-order valence-electron chi connectivity index (χ2n) is 8.99. The molecule has 1 heterocycles. The second kappa shape index (κ2) is 12.2. The lowest BCUT2D eigenvalue weighted by molar-refractivity contribution is -0.165.